The molecule has 0 aliphatic carbocycles. The summed E-state index contributed by atoms with van der Waals surface area (Å²) in [4.78, 5) is 11.5. The number of halogens is 3. The van der Waals surface area contributed by atoms with E-state index >= 15 is 0 Å². The number of alkyl halides is 3. The number of hydrogen-bond acceptors (Lipinski definition) is 4. The molecular weight excluding hydrogens is 287 g/mol. The topological polar surface area (TPSA) is 72.4 Å². The molecule has 0 amide bonds. The Balaban J connectivity index is 2.33. The zero-order chi connectivity index (χ0) is 15.8. The van der Waals surface area contributed by atoms with E-state index in [1.807, 2.05) is 6.92 Å². The van der Waals surface area contributed by atoms with Gasteiger partial charge in [0.1, 0.15) is 5.56 Å². The summed E-state index contributed by atoms with van der Waals surface area (Å²) < 4.78 is 38.8. The van der Waals surface area contributed by atoms with Crippen molar-refractivity contribution in [2.75, 3.05) is 18.0 Å². The van der Waals surface area contributed by atoms with Crippen molar-refractivity contribution in [1.82, 2.24) is 0 Å². The van der Waals surface area contributed by atoms with E-state index < -0.39 is 22.4 Å². The van der Waals surface area contributed by atoms with Gasteiger partial charge in [-0.1, -0.05) is 0 Å². The lowest BCUT2D eigenvalue weighted by atomic mass is 10.0. The lowest BCUT2D eigenvalue weighted by Crippen LogP contribution is -2.29. The van der Waals surface area contributed by atoms with Crippen LogP contribution >= 0.6 is 0 Å². The molecule has 0 spiro atoms. The Morgan fingerprint density at radius 1 is 1.48 bits per heavy atom. The SMILES string of the molecule is CC(N)C1CCN(c2ccc([N+](=O)[O-])c(C(F)(F)F)c2)C1. The summed E-state index contributed by atoms with van der Waals surface area (Å²) in [5.41, 5.74) is 4.01. The zero-order valence-corrected chi connectivity index (χ0v) is 11.4. The first-order chi connectivity index (χ1) is 9.70. The summed E-state index contributed by atoms with van der Waals surface area (Å²) in [5.74, 6) is 0.217. The summed E-state index contributed by atoms with van der Waals surface area (Å²) in [6.07, 6.45) is -3.95. The highest BCUT2D eigenvalue weighted by Crippen LogP contribution is 2.39. The second-order valence-electron chi connectivity index (χ2n) is 5.31. The van der Waals surface area contributed by atoms with Crippen molar-refractivity contribution in [2.24, 2.45) is 11.7 Å². The van der Waals surface area contributed by atoms with Crippen molar-refractivity contribution in [3.05, 3.63) is 33.9 Å². The second kappa shape index (κ2) is 5.51. The Morgan fingerprint density at radius 3 is 2.62 bits per heavy atom. The van der Waals surface area contributed by atoms with Crippen LogP contribution in [0, 0.1) is 16.0 Å². The van der Waals surface area contributed by atoms with Crippen molar-refractivity contribution >= 4 is 11.4 Å². The molecule has 1 aromatic carbocycles. The number of nitro benzene ring substituents is 1. The molecule has 2 unspecified atom stereocenters. The predicted octanol–water partition coefficient (Wildman–Crippen LogP) is 2.79. The van der Waals surface area contributed by atoms with Crippen molar-refractivity contribution in [1.29, 1.82) is 0 Å². The molecule has 1 aromatic rings. The van der Waals surface area contributed by atoms with Crippen LogP contribution in [0.4, 0.5) is 24.5 Å². The van der Waals surface area contributed by atoms with Crippen LogP contribution in [0.25, 0.3) is 0 Å². The van der Waals surface area contributed by atoms with E-state index in [4.69, 9.17) is 5.73 Å². The number of hydrogen-bond donors (Lipinski definition) is 1. The number of nitrogens with two attached hydrogens (primary N) is 1. The van der Waals surface area contributed by atoms with E-state index in [1.54, 1.807) is 4.90 Å². The van der Waals surface area contributed by atoms with Crippen molar-refractivity contribution < 1.29 is 18.1 Å². The molecule has 0 aromatic heterocycles. The van der Waals surface area contributed by atoms with Gasteiger partial charge in [0, 0.05) is 30.9 Å². The highest BCUT2D eigenvalue weighted by atomic mass is 19.4. The maximum atomic E-state index is 12.9. The Morgan fingerprint density at radius 2 is 2.14 bits per heavy atom. The van der Waals surface area contributed by atoms with Gasteiger partial charge in [-0.3, -0.25) is 10.1 Å². The van der Waals surface area contributed by atoms with E-state index in [0.717, 1.165) is 18.6 Å². The van der Waals surface area contributed by atoms with Gasteiger partial charge >= 0.3 is 6.18 Å². The Bertz CT molecular complexity index is 546. The fraction of sp³-hybridized carbons (Fsp3) is 0.538. The first-order valence-electron chi connectivity index (χ1n) is 6.56. The minimum absolute atomic E-state index is 0.0323. The van der Waals surface area contributed by atoms with Gasteiger partial charge in [-0.25, -0.2) is 0 Å². The highest BCUT2D eigenvalue weighted by molar-refractivity contribution is 5.57. The van der Waals surface area contributed by atoms with E-state index in [2.05, 4.69) is 0 Å². The van der Waals surface area contributed by atoms with Crippen LogP contribution in [0.3, 0.4) is 0 Å². The molecule has 1 aliphatic rings. The lowest BCUT2D eigenvalue weighted by molar-refractivity contribution is -0.388. The number of nitro groups is 1. The predicted molar refractivity (Wildman–Crippen MR) is 72.1 cm³/mol. The van der Waals surface area contributed by atoms with Gasteiger partial charge in [-0.2, -0.15) is 13.2 Å². The molecule has 0 radical (unpaired) electrons. The van der Waals surface area contributed by atoms with Gasteiger partial charge in [0.05, 0.1) is 4.92 Å². The number of nitrogens with zero attached hydrogens (tertiary/aromatic N) is 2. The third kappa shape index (κ3) is 3.26. The van der Waals surface area contributed by atoms with E-state index in [1.165, 1.54) is 6.07 Å². The van der Waals surface area contributed by atoms with Crippen LogP contribution < -0.4 is 10.6 Å². The Labute approximate surface area is 119 Å². The molecule has 8 heteroatoms. The van der Waals surface area contributed by atoms with Crippen LogP contribution in [0.15, 0.2) is 18.2 Å². The molecule has 1 aliphatic heterocycles. The molecule has 0 saturated carbocycles. The molecule has 21 heavy (non-hydrogen) atoms. The summed E-state index contributed by atoms with van der Waals surface area (Å²) >= 11 is 0. The summed E-state index contributed by atoms with van der Waals surface area (Å²) in [5, 5.41) is 10.7. The van der Waals surface area contributed by atoms with Gasteiger partial charge in [-0.05, 0) is 31.4 Å². The molecule has 2 N–H and O–H groups in total. The Hall–Kier alpha value is -1.83. The van der Waals surface area contributed by atoms with Crippen molar-refractivity contribution in [3.63, 3.8) is 0 Å². The maximum absolute atomic E-state index is 12.9. The highest BCUT2D eigenvalue weighted by Gasteiger charge is 2.39. The van der Waals surface area contributed by atoms with E-state index in [0.29, 0.717) is 18.8 Å². The van der Waals surface area contributed by atoms with Gasteiger partial charge in [0.15, 0.2) is 0 Å². The molecule has 2 atom stereocenters. The van der Waals surface area contributed by atoms with Crippen LogP contribution in [0.5, 0.6) is 0 Å². The van der Waals surface area contributed by atoms with Crippen molar-refractivity contribution in [3.8, 4) is 0 Å². The molecule has 1 saturated heterocycles. The standard InChI is InChI=1S/C13H16F3N3O2/c1-8(17)9-4-5-18(7-9)10-2-3-12(19(20)21)11(6-10)13(14,15)16/h2-3,6,8-9H,4-5,7,17H2,1H3. The van der Waals surface area contributed by atoms with E-state index in [9.17, 15) is 23.3 Å². The molecule has 1 heterocycles. The number of anilines is 1. The van der Waals surface area contributed by atoms with Crippen molar-refractivity contribution in [2.45, 2.75) is 25.6 Å². The normalized spacial score (nSPS) is 20.6. The second-order valence-corrected chi connectivity index (χ2v) is 5.31. The molecule has 0 bridgehead atoms. The third-order valence-corrected chi connectivity index (χ3v) is 3.82. The van der Waals surface area contributed by atoms with Gasteiger partial charge in [0.25, 0.3) is 5.69 Å². The van der Waals surface area contributed by atoms with Crippen LogP contribution in [0.1, 0.15) is 18.9 Å². The first kappa shape index (κ1) is 15.6. The average molecular weight is 303 g/mol. The quantitative estimate of drug-likeness (QED) is 0.688. The van der Waals surface area contributed by atoms with Crippen LogP contribution in [-0.4, -0.2) is 24.1 Å². The van der Waals surface area contributed by atoms with Gasteiger partial charge < -0.3 is 10.6 Å². The smallest absolute Gasteiger partial charge is 0.371 e. The average Bonchev–Trinajstić information content (AvgIpc) is 2.86. The van der Waals surface area contributed by atoms with Gasteiger partial charge in [0.2, 0.25) is 0 Å². The third-order valence-electron chi connectivity index (χ3n) is 3.82. The van der Waals surface area contributed by atoms with Crippen LogP contribution in [0.2, 0.25) is 0 Å². The summed E-state index contributed by atoms with van der Waals surface area (Å²) in [7, 11) is 0. The fourth-order valence-electron chi connectivity index (χ4n) is 2.56. The number of rotatable bonds is 3. The molecular formula is C13H16F3N3O2. The number of benzene rings is 1. The summed E-state index contributed by atoms with van der Waals surface area (Å²) in [6, 6.07) is 3.09. The largest absolute Gasteiger partial charge is 0.423 e. The van der Waals surface area contributed by atoms with E-state index in [-0.39, 0.29) is 12.0 Å². The lowest BCUT2D eigenvalue weighted by Gasteiger charge is -2.21. The minimum Gasteiger partial charge on any atom is -0.371 e. The zero-order valence-electron chi connectivity index (χ0n) is 11.4. The molecule has 1 fully saturated rings. The first-order valence-corrected chi connectivity index (χ1v) is 6.56. The molecule has 5 nitrogen and oxygen atoms in total. The minimum atomic E-state index is -4.75. The monoisotopic (exact) mass is 303 g/mol. The fourth-order valence-corrected chi connectivity index (χ4v) is 2.56. The summed E-state index contributed by atoms with van der Waals surface area (Å²) in [6.45, 7) is 3.03. The molecule has 116 valence electrons. The van der Waals surface area contributed by atoms with Crippen LogP contribution in [-0.2, 0) is 6.18 Å². The Kier molecular flexibility index (Phi) is 4.08. The molecule has 2 rings (SSSR count). The van der Waals surface area contributed by atoms with Gasteiger partial charge in [-0.15, -0.1) is 0 Å². The maximum Gasteiger partial charge on any atom is 0.423 e.